The largest absolute Gasteiger partial charge is 0.324 e. The van der Waals surface area contributed by atoms with Gasteiger partial charge in [-0.05, 0) is 17.7 Å². The number of rotatable bonds is 3. The van der Waals surface area contributed by atoms with Crippen molar-refractivity contribution in [1.29, 1.82) is 0 Å². The molecule has 1 aromatic carbocycles. The number of aromatic nitrogens is 1. The van der Waals surface area contributed by atoms with Gasteiger partial charge in [-0.15, -0.1) is 24.8 Å². The Balaban J connectivity index is 0.00000128. The minimum atomic E-state index is 0. The summed E-state index contributed by atoms with van der Waals surface area (Å²) in [5.41, 5.74) is 8.28. The molecule has 2 aromatic rings. The highest BCUT2D eigenvalue weighted by Gasteiger charge is 2.06. The predicted octanol–water partition coefficient (Wildman–Crippen LogP) is 3.17. The Labute approximate surface area is 114 Å². The highest BCUT2D eigenvalue weighted by atomic mass is 35.5. The smallest absolute Gasteiger partial charge is 0.0422 e. The summed E-state index contributed by atoms with van der Waals surface area (Å²) in [7, 11) is 0. The third kappa shape index (κ3) is 4.73. The molecule has 0 saturated carbocycles. The van der Waals surface area contributed by atoms with E-state index in [0.29, 0.717) is 0 Å². The van der Waals surface area contributed by atoms with Gasteiger partial charge in [0.15, 0.2) is 0 Å². The van der Waals surface area contributed by atoms with Crippen LogP contribution >= 0.6 is 24.8 Å². The molecule has 1 heterocycles. The molecule has 0 spiro atoms. The van der Waals surface area contributed by atoms with E-state index in [4.69, 9.17) is 5.73 Å². The Morgan fingerprint density at radius 1 is 0.941 bits per heavy atom. The summed E-state index contributed by atoms with van der Waals surface area (Å²) in [5, 5.41) is 0. The molecular weight excluding hydrogens is 255 g/mol. The lowest BCUT2D eigenvalue weighted by Crippen LogP contribution is -2.13. The van der Waals surface area contributed by atoms with Crippen LogP contribution in [-0.4, -0.2) is 4.98 Å². The molecule has 2 nitrogen and oxygen atoms in total. The lowest BCUT2D eigenvalue weighted by molar-refractivity contribution is 0.707. The maximum atomic E-state index is 6.09. The molecular formula is C13H16Cl2N2. The van der Waals surface area contributed by atoms with Crippen molar-refractivity contribution in [1.82, 2.24) is 4.98 Å². The average Bonchev–Trinajstić information content (AvgIpc) is 2.31. The zero-order chi connectivity index (χ0) is 10.5. The third-order valence-corrected chi connectivity index (χ3v) is 2.38. The molecule has 0 amide bonds. The fourth-order valence-corrected chi connectivity index (χ4v) is 1.56. The summed E-state index contributed by atoms with van der Waals surface area (Å²) in [6.45, 7) is 0. The molecule has 0 aliphatic heterocycles. The fraction of sp³-hybridized carbons (Fsp3) is 0.154. The summed E-state index contributed by atoms with van der Waals surface area (Å²) in [5.74, 6) is 0. The van der Waals surface area contributed by atoms with Crippen LogP contribution < -0.4 is 5.73 Å². The van der Waals surface area contributed by atoms with Gasteiger partial charge in [0.1, 0.15) is 0 Å². The number of benzene rings is 1. The van der Waals surface area contributed by atoms with Crippen molar-refractivity contribution in [3.8, 4) is 0 Å². The van der Waals surface area contributed by atoms with Crippen molar-refractivity contribution >= 4 is 24.8 Å². The lowest BCUT2D eigenvalue weighted by Gasteiger charge is -2.10. The van der Waals surface area contributed by atoms with Gasteiger partial charge in [0, 0.05) is 24.4 Å². The van der Waals surface area contributed by atoms with E-state index in [1.165, 1.54) is 0 Å². The molecule has 0 fully saturated rings. The van der Waals surface area contributed by atoms with E-state index in [-0.39, 0.29) is 30.9 Å². The van der Waals surface area contributed by atoms with Crippen molar-refractivity contribution in [2.75, 3.05) is 0 Å². The van der Waals surface area contributed by atoms with Crippen molar-refractivity contribution in [2.45, 2.75) is 12.5 Å². The Morgan fingerprint density at radius 2 is 1.59 bits per heavy atom. The van der Waals surface area contributed by atoms with E-state index >= 15 is 0 Å². The third-order valence-electron chi connectivity index (χ3n) is 2.38. The molecule has 17 heavy (non-hydrogen) atoms. The van der Waals surface area contributed by atoms with Crippen LogP contribution in [0.5, 0.6) is 0 Å². The van der Waals surface area contributed by atoms with Crippen LogP contribution in [0.15, 0.2) is 54.7 Å². The molecule has 1 unspecified atom stereocenters. The van der Waals surface area contributed by atoms with Crippen LogP contribution in [0.4, 0.5) is 0 Å². The summed E-state index contributed by atoms with van der Waals surface area (Å²) in [4.78, 5) is 4.26. The van der Waals surface area contributed by atoms with Crippen molar-refractivity contribution in [3.05, 3.63) is 66.0 Å². The van der Waals surface area contributed by atoms with Gasteiger partial charge in [-0.25, -0.2) is 0 Å². The molecule has 92 valence electrons. The molecule has 0 bridgehead atoms. The number of hydrogen-bond acceptors (Lipinski definition) is 2. The van der Waals surface area contributed by atoms with Crippen molar-refractivity contribution in [3.63, 3.8) is 0 Å². The predicted molar refractivity (Wildman–Crippen MR) is 75.8 cm³/mol. The van der Waals surface area contributed by atoms with Crippen LogP contribution in [0.2, 0.25) is 0 Å². The second-order valence-electron chi connectivity index (χ2n) is 3.54. The Hall–Kier alpha value is -1.09. The first-order valence-corrected chi connectivity index (χ1v) is 5.06. The maximum absolute atomic E-state index is 6.09. The van der Waals surface area contributed by atoms with Gasteiger partial charge < -0.3 is 5.73 Å². The minimum Gasteiger partial charge on any atom is -0.324 e. The summed E-state index contributed by atoms with van der Waals surface area (Å²) < 4.78 is 0. The van der Waals surface area contributed by atoms with E-state index in [2.05, 4.69) is 4.98 Å². The first kappa shape index (κ1) is 15.9. The number of pyridine rings is 1. The van der Waals surface area contributed by atoms with Crippen LogP contribution in [0.25, 0.3) is 0 Å². The van der Waals surface area contributed by atoms with Crippen LogP contribution in [0.1, 0.15) is 17.3 Å². The fourth-order valence-electron chi connectivity index (χ4n) is 1.56. The highest BCUT2D eigenvalue weighted by molar-refractivity contribution is 5.85. The van der Waals surface area contributed by atoms with Crippen LogP contribution in [0, 0.1) is 0 Å². The van der Waals surface area contributed by atoms with Crippen molar-refractivity contribution < 1.29 is 0 Å². The maximum Gasteiger partial charge on any atom is 0.0422 e. The van der Waals surface area contributed by atoms with Crippen molar-refractivity contribution in [2.24, 2.45) is 5.73 Å². The van der Waals surface area contributed by atoms with E-state index in [0.717, 1.165) is 17.7 Å². The molecule has 1 atom stereocenters. The molecule has 0 saturated heterocycles. The van der Waals surface area contributed by atoms with Gasteiger partial charge in [-0.1, -0.05) is 36.4 Å². The van der Waals surface area contributed by atoms with E-state index in [9.17, 15) is 0 Å². The Kier molecular flexibility index (Phi) is 7.55. The topological polar surface area (TPSA) is 38.9 Å². The van der Waals surface area contributed by atoms with Crippen LogP contribution in [0.3, 0.4) is 0 Å². The van der Waals surface area contributed by atoms with Gasteiger partial charge in [-0.2, -0.15) is 0 Å². The van der Waals surface area contributed by atoms with Gasteiger partial charge in [0.2, 0.25) is 0 Å². The average molecular weight is 271 g/mol. The van der Waals surface area contributed by atoms with Crippen LogP contribution in [-0.2, 0) is 6.42 Å². The van der Waals surface area contributed by atoms with E-state index in [1.54, 1.807) is 6.20 Å². The second kappa shape index (κ2) is 8.07. The quantitative estimate of drug-likeness (QED) is 0.931. The minimum absolute atomic E-state index is 0. The van der Waals surface area contributed by atoms with E-state index in [1.807, 2.05) is 48.5 Å². The van der Waals surface area contributed by atoms with Gasteiger partial charge in [0.25, 0.3) is 0 Å². The standard InChI is InChI=1S/C13H14N2.2ClH/c14-13(11-6-2-1-3-7-11)10-12-8-4-5-9-15-12;;/h1-9,13H,10,14H2;2*1H. The molecule has 2 rings (SSSR count). The molecule has 2 N–H and O–H groups in total. The molecule has 0 aliphatic carbocycles. The lowest BCUT2D eigenvalue weighted by atomic mass is 10.0. The zero-order valence-corrected chi connectivity index (χ0v) is 11.0. The van der Waals surface area contributed by atoms with Gasteiger partial charge >= 0.3 is 0 Å². The van der Waals surface area contributed by atoms with Gasteiger partial charge in [-0.3, -0.25) is 4.98 Å². The number of halogens is 2. The first-order chi connectivity index (χ1) is 7.36. The highest BCUT2D eigenvalue weighted by Crippen LogP contribution is 2.13. The van der Waals surface area contributed by atoms with E-state index < -0.39 is 0 Å². The van der Waals surface area contributed by atoms with Gasteiger partial charge in [0.05, 0.1) is 0 Å². The zero-order valence-electron chi connectivity index (χ0n) is 9.32. The monoisotopic (exact) mass is 270 g/mol. The summed E-state index contributed by atoms with van der Waals surface area (Å²) >= 11 is 0. The Morgan fingerprint density at radius 3 is 2.18 bits per heavy atom. The molecule has 0 aliphatic rings. The molecule has 4 heteroatoms. The molecule has 1 aromatic heterocycles. The Bertz CT molecular complexity index is 406. The normalized spacial score (nSPS) is 10.9. The molecule has 0 radical (unpaired) electrons. The number of hydrogen-bond donors (Lipinski definition) is 1. The number of nitrogens with zero attached hydrogens (tertiary/aromatic N) is 1. The number of nitrogens with two attached hydrogens (primary N) is 1. The second-order valence-corrected chi connectivity index (χ2v) is 3.54. The summed E-state index contributed by atoms with van der Waals surface area (Å²) in [6, 6.07) is 16.0. The SMILES string of the molecule is Cl.Cl.NC(Cc1ccccn1)c1ccccc1. The summed E-state index contributed by atoms with van der Waals surface area (Å²) in [6.07, 6.45) is 2.58. The first-order valence-electron chi connectivity index (χ1n) is 5.06.